The zero-order valence-corrected chi connectivity index (χ0v) is 13.0. The van der Waals surface area contributed by atoms with Gasteiger partial charge in [0.1, 0.15) is 5.60 Å². The van der Waals surface area contributed by atoms with Crippen LogP contribution in [0.4, 0.5) is 10.5 Å². The van der Waals surface area contributed by atoms with E-state index in [2.05, 4.69) is 11.4 Å². The number of fused-ring (bicyclic) bond motifs is 1. The molecule has 4 heteroatoms. The summed E-state index contributed by atoms with van der Waals surface area (Å²) < 4.78 is 5.66. The first-order valence-corrected chi connectivity index (χ1v) is 7.84. The molecule has 1 aliphatic carbocycles. The van der Waals surface area contributed by atoms with Crippen molar-refractivity contribution in [1.29, 1.82) is 0 Å². The molecule has 1 aliphatic heterocycles. The van der Waals surface area contributed by atoms with Gasteiger partial charge in [-0.25, -0.2) is 4.79 Å². The maximum Gasteiger partial charge on any atom is 0.412 e. The fourth-order valence-electron chi connectivity index (χ4n) is 3.23. The van der Waals surface area contributed by atoms with E-state index in [1.165, 1.54) is 0 Å². The van der Waals surface area contributed by atoms with Crippen LogP contribution in [0.2, 0.25) is 5.02 Å². The summed E-state index contributed by atoms with van der Waals surface area (Å²) in [6.45, 7) is 2.02. The first-order chi connectivity index (χ1) is 10.6. The Morgan fingerprint density at radius 1 is 1.18 bits per heavy atom. The molecule has 3 nitrogen and oxygen atoms in total. The van der Waals surface area contributed by atoms with E-state index in [4.69, 9.17) is 16.3 Å². The summed E-state index contributed by atoms with van der Waals surface area (Å²) in [6, 6.07) is 13.8. The minimum absolute atomic E-state index is 0.364. The molecule has 1 saturated carbocycles. The molecule has 112 valence electrons. The van der Waals surface area contributed by atoms with Crippen LogP contribution in [0.3, 0.4) is 0 Å². The van der Waals surface area contributed by atoms with Crippen LogP contribution in [0, 0.1) is 5.92 Å². The van der Waals surface area contributed by atoms with Gasteiger partial charge in [0.25, 0.3) is 0 Å². The lowest BCUT2D eigenvalue weighted by molar-refractivity contribution is 0.00837. The number of ether oxygens (including phenoxy) is 1. The van der Waals surface area contributed by atoms with Crippen LogP contribution in [0.15, 0.2) is 42.5 Å². The molecule has 0 aromatic heterocycles. The smallest absolute Gasteiger partial charge is 0.412 e. The Hall–Kier alpha value is -2.00. The highest BCUT2D eigenvalue weighted by atomic mass is 35.5. The number of carbonyl (C=O) groups excluding carboxylic acids is 1. The highest BCUT2D eigenvalue weighted by molar-refractivity contribution is 6.30. The van der Waals surface area contributed by atoms with E-state index in [-0.39, 0.29) is 6.09 Å². The monoisotopic (exact) mass is 313 g/mol. The van der Waals surface area contributed by atoms with E-state index in [9.17, 15) is 4.79 Å². The van der Waals surface area contributed by atoms with Crippen molar-refractivity contribution in [3.05, 3.63) is 53.1 Å². The normalized spacial score (nSPS) is 23.5. The number of nitrogens with one attached hydrogen (secondary N) is 1. The van der Waals surface area contributed by atoms with E-state index in [0.717, 1.165) is 35.2 Å². The van der Waals surface area contributed by atoms with E-state index in [0.29, 0.717) is 10.9 Å². The molecule has 4 rings (SSSR count). The van der Waals surface area contributed by atoms with Crippen LogP contribution in [0.25, 0.3) is 11.1 Å². The lowest BCUT2D eigenvalue weighted by Crippen LogP contribution is -2.38. The second kappa shape index (κ2) is 4.75. The molecule has 0 bridgehead atoms. The van der Waals surface area contributed by atoms with Gasteiger partial charge in [-0.15, -0.1) is 0 Å². The molecule has 1 atom stereocenters. The third-order valence-electron chi connectivity index (χ3n) is 4.61. The molecule has 1 amide bonds. The van der Waals surface area contributed by atoms with Gasteiger partial charge in [0, 0.05) is 16.5 Å². The number of anilines is 1. The van der Waals surface area contributed by atoms with E-state index in [1.807, 2.05) is 43.3 Å². The number of rotatable bonds is 2. The second-order valence-electron chi connectivity index (χ2n) is 6.17. The number of cyclic esters (lactones) is 1. The third kappa shape index (κ3) is 2.17. The van der Waals surface area contributed by atoms with Crippen LogP contribution < -0.4 is 5.32 Å². The van der Waals surface area contributed by atoms with Gasteiger partial charge in [-0.2, -0.15) is 0 Å². The summed E-state index contributed by atoms with van der Waals surface area (Å²) in [4.78, 5) is 11.8. The van der Waals surface area contributed by atoms with Crippen molar-refractivity contribution in [2.45, 2.75) is 25.4 Å². The molecule has 22 heavy (non-hydrogen) atoms. The van der Waals surface area contributed by atoms with Gasteiger partial charge in [-0.1, -0.05) is 29.8 Å². The molecule has 1 unspecified atom stereocenters. The summed E-state index contributed by atoms with van der Waals surface area (Å²) in [7, 11) is 0. The van der Waals surface area contributed by atoms with Gasteiger partial charge >= 0.3 is 6.09 Å². The zero-order valence-electron chi connectivity index (χ0n) is 12.2. The minimum Gasteiger partial charge on any atom is -0.438 e. The number of carbonyl (C=O) groups is 1. The molecule has 0 radical (unpaired) electrons. The Morgan fingerprint density at radius 2 is 1.95 bits per heavy atom. The molecule has 1 heterocycles. The molecule has 2 aromatic rings. The number of hydrogen-bond donors (Lipinski definition) is 1. The van der Waals surface area contributed by atoms with Crippen molar-refractivity contribution < 1.29 is 9.53 Å². The number of amides is 1. The van der Waals surface area contributed by atoms with Crippen LogP contribution in [0.1, 0.15) is 25.3 Å². The van der Waals surface area contributed by atoms with Gasteiger partial charge in [0.2, 0.25) is 0 Å². The van der Waals surface area contributed by atoms with Crippen molar-refractivity contribution in [2.75, 3.05) is 5.32 Å². The number of benzene rings is 2. The average molecular weight is 314 g/mol. The topological polar surface area (TPSA) is 38.3 Å². The second-order valence-corrected chi connectivity index (χ2v) is 6.60. The van der Waals surface area contributed by atoms with Crippen LogP contribution in [-0.4, -0.2) is 6.09 Å². The first-order valence-electron chi connectivity index (χ1n) is 7.47. The van der Waals surface area contributed by atoms with Crippen LogP contribution in [-0.2, 0) is 10.3 Å². The highest BCUT2D eigenvalue weighted by Crippen LogP contribution is 2.52. The van der Waals surface area contributed by atoms with E-state index < -0.39 is 5.60 Å². The van der Waals surface area contributed by atoms with Crippen molar-refractivity contribution in [2.24, 2.45) is 5.92 Å². The first kappa shape index (κ1) is 13.6. The summed E-state index contributed by atoms with van der Waals surface area (Å²) in [5, 5.41) is 3.51. The Labute approximate surface area is 134 Å². The maximum absolute atomic E-state index is 11.8. The fraction of sp³-hybridized carbons (Fsp3) is 0.278. The largest absolute Gasteiger partial charge is 0.438 e. The van der Waals surface area contributed by atoms with Gasteiger partial charge in [-0.3, -0.25) is 5.32 Å². The van der Waals surface area contributed by atoms with E-state index in [1.54, 1.807) is 0 Å². The molecular formula is C18H16ClNO2. The molecular weight excluding hydrogens is 298 g/mol. The molecule has 2 aliphatic rings. The fourth-order valence-corrected chi connectivity index (χ4v) is 3.42. The lowest BCUT2D eigenvalue weighted by atomic mass is 9.86. The lowest BCUT2D eigenvalue weighted by Gasteiger charge is -2.36. The number of halogens is 1. The van der Waals surface area contributed by atoms with Crippen molar-refractivity contribution >= 4 is 23.4 Å². The minimum atomic E-state index is -0.535. The average Bonchev–Trinajstić information content (AvgIpc) is 3.32. The molecule has 0 spiro atoms. The Morgan fingerprint density at radius 3 is 2.68 bits per heavy atom. The van der Waals surface area contributed by atoms with Crippen molar-refractivity contribution in [3.63, 3.8) is 0 Å². The highest BCUT2D eigenvalue weighted by Gasteiger charge is 2.49. The summed E-state index contributed by atoms with van der Waals surface area (Å²) >= 11 is 6.09. The third-order valence-corrected chi connectivity index (χ3v) is 4.85. The van der Waals surface area contributed by atoms with Crippen LogP contribution >= 0.6 is 11.6 Å². The quantitative estimate of drug-likeness (QED) is 0.828. The van der Waals surface area contributed by atoms with Crippen molar-refractivity contribution in [3.8, 4) is 11.1 Å². The summed E-state index contributed by atoms with van der Waals surface area (Å²) in [5.41, 5.74) is 3.49. The Bertz CT molecular complexity index is 769. The van der Waals surface area contributed by atoms with E-state index >= 15 is 0 Å². The van der Waals surface area contributed by atoms with Gasteiger partial charge < -0.3 is 4.74 Å². The van der Waals surface area contributed by atoms with Crippen molar-refractivity contribution in [1.82, 2.24) is 0 Å². The molecule has 1 fully saturated rings. The Kier molecular flexibility index (Phi) is 2.95. The van der Waals surface area contributed by atoms with Gasteiger partial charge in [0.15, 0.2) is 0 Å². The number of hydrogen-bond acceptors (Lipinski definition) is 2. The standard InChI is InChI=1S/C18H16ClNO2/c1-18(13-6-7-13)15-10-12(11-3-2-4-14(19)9-11)5-8-16(15)20-17(21)22-18/h2-5,8-10,13H,6-7H2,1H3,(H,20,21). The maximum atomic E-state index is 11.8. The zero-order chi connectivity index (χ0) is 15.3. The summed E-state index contributed by atoms with van der Waals surface area (Å²) in [5.74, 6) is 0.409. The SMILES string of the molecule is CC1(C2CC2)OC(=O)Nc2ccc(-c3cccc(Cl)c3)cc21. The molecule has 1 N–H and O–H groups in total. The molecule has 0 saturated heterocycles. The predicted molar refractivity (Wildman–Crippen MR) is 87.1 cm³/mol. The molecule has 2 aromatic carbocycles. The van der Waals surface area contributed by atoms with Gasteiger partial charge in [-0.05, 0) is 55.2 Å². The van der Waals surface area contributed by atoms with Gasteiger partial charge in [0.05, 0.1) is 5.69 Å². The summed E-state index contributed by atoms with van der Waals surface area (Å²) in [6.07, 6.45) is 1.84. The Balaban J connectivity index is 1.84. The predicted octanol–water partition coefficient (Wildman–Crippen LogP) is 5.19. The van der Waals surface area contributed by atoms with Crippen LogP contribution in [0.5, 0.6) is 0 Å².